The molecule has 1 aliphatic heterocycles. The van der Waals surface area contributed by atoms with E-state index in [9.17, 15) is 4.79 Å². The van der Waals surface area contributed by atoms with Crippen molar-refractivity contribution in [2.45, 2.75) is 97.2 Å². The maximum absolute atomic E-state index is 12.6. The van der Waals surface area contributed by atoms with E-state index in [-0.39, 0.29) is 23.1 Å². The molecular weight excluding hydrogens is 350 g/mol. The van der Waals surface area contributed by atoms with Crippen LogP contribution in [0.4, 0.5) is 4.79 Å². The first-order valence-electron chi connectivity index (χ1n) is 10.4. The largest absolute Gasteiger partial charge is 0.444 e. The van der Waals surface area contributed by atoms with Crippen molar-refractivity contribution in [3.8, 4) is 0 Å². The van der Waals surface area contributed by atoms with Gasteiger partial charge in [0.2, 0.25) is 0 Å². The number of amides is 1. The van der Waals surface area contributed by atoms with Crippen molar-refractivity contribution >= 4 is 6.09 Å². The lowest BCUT2D eigenvalue weighted by Crippen LogP contribution is -2.45. The quantitative estimate of drug-likeness (QED) is 0.769. The minimum Gasteiger partial charge on any atom is -0.444 e. The van der Waals surface area contributed by atoms with Crippen molar-refractivity contribution in [1.82, 2.24) is 9.88 Å². The number of ether oxygens (including phenoxy) is 1. The van der Waals surface area contributed by atoms with Gasteiger partial charge in [0.15, 0.2) is 0 Å². The molecule has 1 saturated heterocycles. The number of aromatic nitrogens is 1. The Morgan fingerprint density at radius 2 is 1.96 bits per heavy atom. The Bertz CT molecular complexity index is 686. The Morgan fingerprint density at radius 1 is 1.32 bits per heavy atom. The summed E-state index contributed by atoms with van der Waals surface area (Å²) < 4.78 is 5.60. The summed E-state index contributed by atoms with van der Waals surface area (Å²) in [6, 6.07) is 4.12. The second-order valence-electron chi connectivity index (χ2n) is 10.9. The van der Waals surface area contributed by atoms with Crippen LogP contribution in [-0.2, 0) is 10.2 Å². The van der Waals surface area contributed by atoms with Gasteiger partial charge in [-0.05, 0) is 82.9 Å². The average molecular weight is 390 g/mol. The van der Waals surface area contributed by atoms with Crippen LogP contribution in [0.2, 0.25) is 0 Å². The molecule has 2 atom stereocenters. The van der Waals surface area contributed by atoms with Crippen LogP contribution in [-0.4, -0.2) is 33.7 Å². The van der Waals surface area contributed by atoms with Gasteiger partial charge in [-0.15, -0.1) is 0 Å². The van der Waals surface area contributed by atoms with Gasteiger partial charge in [-0.2, -0.15) is 0 Å². The fraction of sp³-hybridized carbons (Fsp3) is 0.739. The first kappa shape index (κ1) is 22.7. The Balaban J connectivity index is 1.97. The van der Waals surface area contributed by atoms with Gasteiger partial charge in [0, 0.05) is 24.3 Å². The number of pyridine rings is 1. The summed E-state index contributed by atoms with van der Waals surface area (Å²) >= 11 is 0. The predicted octanol–water partition coefficient (Wildman–Crippen LogP) is 5.19. The average Bonchev–Trinajstić information content (AvgIpc) is 2.85. The molecule has 5 nitrogen and oxygen atoms in total. The topological polar surface area (TPSA) is 68.5 Å². The standard InChI is InChI=1S/C23H39N3O2/c1-21(2,3)17-11-12-25-19(13-17)18(24)10-9-16-14-23(7,8)26(15-16)20(27)28-22(4,5)6/h11-13,16,18H,9-10,14-15,24H2,1-8H3. The summed E-state index contributed by atoms with van der Waals surface area (Å²) in [5.74, 6) is 0.430. The maximum Gasteiger partial charge on any atom is 0.410 e. The zero-order valence-electron chi connectivity index (χ0n) is 19.0. The van der Waals surface area contributed by atoms with E-state index >= 15 is 0 Å². The molecule has 2 unspecified atom stereocenters. The highest BCUT2D eigenvalue weighted by atomic mass is 16.6. The fourth-order valence-electron chi connectivity index (χ4n) is 3.90. The highest BCUT2D eigenvalue weighted by Crippen LogP contribution is 2.37. The molecule has 158 valence electrons. The lowest BCUT2D eigenvalue weighted by atomic mass is 9.86. The number of rotatable bonds is 4. The van der Waals surface area contributed by atoms with Crippen LogP contribution >= 0.6 is 0 Å². The number of carbonyl (C=O) groups excluding carboxylic acids is 1. The summed E-state index contributed by atoms with van der Waals surface area (Å²) in [4.78, 5) is 19.0. The number of nitrogens with zero attached hydrogens (tertiary/aromatic N) is 2. The summed E-state index contributed by atoms with van der Waals surface area (Å²) in [7, 11) is 0. The lowest BCUT2D eigenvalue weighted by molar-refractivity contribution is 0.0131. The third kappa shape index (κ3) is 5.94. The highest BCUT2D eigenvalue weighted by molar-refractivity contribution is 5.69. The van der Waals surface area contributed by atoms with E-state index < -0.39 is 5.60 Å². The van der Waals surface area contributed by atoms with E-state index in [1.54, 1.807) is 0 Å². The van der Waals surface area contributed by atoms with Crippen LogP contribution in [0.5, 0.6) is 0 Å². The highest BCUT2D eigenvalue weighted by Gasteiger charge is 2.42. The Labute approximate surface area is 171 Å². The molecule has 1 aromatic rings. The van der Waals surface area contributed by atoms with Crippen molar-refractivity contribution in [2.75, 3.05) is 6.54 Å². The smallest absolute Gasteiger partial charge is 0.410 e. The zero-order chi connectivity index (χ0) is 21.3. The van der Waals surface area contributed by atoms with Gasteiger partial charge in [-0.25, -0.2) is 4.79 Å². The van der Waals surface area contributed by atoms with Crippen LogP contribution < -0.4 is 5.73 Å². The van der Waals surface area contributed by atoms with E-state index in [0.29, 0.717) is 5.92 Å². The molecule has 2 rings (SSSR count). The van der Waals surface area contributed by atoms with Crippen LogP contribution in [0, 0.1) is 5.92 Å². The monoisotopic (exact) mass is 389 g/mol. The van der Waals surface area contributed by atoms with E-state index in [0.717, 1.165) is 31.5 Å². The Kier molecular flexibility index (Phi) is 6.49. The summed E-state index contributed by atoms with van der Waals surface area (Å²) in [5.41, 5.74) is 8.09. The molecule has 28 heavy (non-hydrogen) atoms. The van der Waals surface area contributed by atoms with Crippen molar-refractivity contribution in [3.63, 3.8) is 0 Å². The van der Waals surface area contributed by atoms with Gasteiger partial charge in [0.1, 0.15) is 5.60 Å². The van der Waals surface area contributed by atoms with E-state index in [2.05, 4.69) is 51.7 Å². The molecule has 0 radical (unpaired) electrons. The van der Waals surface area contributed by atoms with E-state index in [4.69, 9.17) is 10.5 Å². The van der Waals surface area contributed by atoms with Gasteiger partial charge >= 0.3 is 6.09 Å². The maximum atomic E-state index is 12.6. The second kappa shape index (κ2) is 8.02. The van der Waals surface area contributed by atoms with Crippen LogP contribution in [0.3, 0.4) is 0 Å². The first-order chi connectivity index (χ1) is 12.7. The summed E-state index contributed by atoms with van der Waals surface area (Å²) in [6.45, 7) is 17.3. The van der Waals surface area contributed by atoms with Crippen molar-refractivity contribution in [1.29, 1.82) is 0 Å². The molecule has 1 aliphatic rings. The molecule has 0 spiro atoms. The predicted molar refractivity (Wildman–Crippen MR) is 114 cm³/mol. The number of hydrogen-bond acceptors (Lipinski definition) is 4. The van der Waals surface area contributed by atoms with E-state index in [1.807, 2.05) is 31.9 Å². The third-order valence-corrected chi connectivity index (χ3v) is 5.49. The summed E-state index contributed by atoms with van der Waals surface area (Å²) in [5, 5.41) is 0. The van der Waals surface area contributed by atoms with Gasteiger partial charge in [0.05, 0.1) is 5.69 Å². The van der Waals surface area contributed by atoms with Gasteiger partial charge in [-0.1, -0.05) is 20.8 Å². The minimum atomic E-state index is -0.475. The number of hydrogen-bond donors (Lipinski definition) is 1. The van der Waals surface area contributed by atoms with Crippen molar-refractivity contribution in [3.05, 3.63) is 29.6 Å². The SMILES string of the molecule is CC(C)(C)OC(=O)N1CC(CCC(N)c2cc(C(C)(C)C)ccn2)CC1(C)C. The molecule has 2 heterocycles. The molecule has 1 fully saturated rings. The Morgan fingerprint density at radius 3 is 2.54 bits per heavy atom. The van der Waals surface area contributed by atoms with Crippen molar-refractivity contribution < 1.29 is 9.53 Å². The van der Waals surface area contributed by atoms with Crippen molar-refractivity contribution in [2.24, 2.45) is 11.7 Å². The van der Waals surface area contributed by atoms with E-state index in [1.165, 1.54) is 5.56 Å². The normalized spacial score (nSPS) is 20.9. The van der Waals surface area contributed by atoms with Crippen LogP contribution in [0.25, 0.3) is 0 Å². The molecule has 0 bridgehead atoms. The number of carbonyl (C=O) groups is 1. The number of nitrogens with two attached hydrogens (primary N) is 1. The molecule has 0 aromatic carbocycles. The molecule has 0 saturated carbocycles. The number of likely N-dealkylation sites (tertiary alicyclic amines) is 1. The minimum absolute atomic E-state index is 0.0824. The third-order valence-electron chi connectivity index (χ3n) is 5.49. The first-order valence-corrected chi connectivity index (χ1v) is 10.4. The van der Waals surface area contributed by atoms with Crippen LogP contribution in [0.1, 0.15) is 92.0 Å². The molecular formula is C23H39N3O2. The molecule has 5 heteroatoms. The summed E-state index contributed by atoms with van der Waals surface area (Å²) in [6.07, 6.45) is 4.45. The van der Waals surface area contributed by atoms with Crippen LogP contribution in [0.15, 0.2) is 18.3 Å². The molecule has 1 amide bonds. The zero-order valence-corrected chi connectivity index (χ0v) is 19.0. The Hall–Kier alpha value is -1.62. The molecule has 0 aliphatic carbocycles. The molecule has 2 N–H and O–H groups in total. The molecule has 1 aromatic heterocycles. The fourth-order valence-corrected chi connectivity index (χ4v) is 3.90. The van der Waals surface area contributed by atoms with Gasteiger partial charge < -0.3 is 15.4 Å². The second-order valence-corrected chi connectivity index (χ2v) is 10.9. The van der Waals surface area contributed by atoms with Gasteiger partial charge in [-0.3, -0.25) is 4.98 Å². The lowest BCUT2D eigenvalue weighted by Gasteiger charge is -2.33. The van der Waals surface area contributed by atoms with Gasteiger partial charge in [0.25, 0.3) is 0 Å².